The second kappa shape index (κ2) is 6.56. The Kier molecular flexibility index (Phi) is 4.92. The van der Waals surface area contributed by atoms with Crippen LogP contribution in [0.2, 0.25) is 0 Å². The molecule has 2 rings (SSSR count). The van der Waals surface area contributed by atoms with Crippen LogP contribution in [0.3, 0.4) is 0 Å². The number of nitrogens with one attached hydrogen (secondary N) is 1. The van der Waals surface area contributed by atoms with E-state index < -0.39 is 12.1 Å². The van der Waals surface area contributed by atoms with Gasteiger partial charge in [0.25, 0.3) is 5.91 Å². The zero-order valence-corrected chi connectivity index (χ0v) is 14.5. The SMILES string of the molecule is CCCn1c(C)cc(C(=O)CN2C(=O)NC(C(C)C)C2=O)c1C. The minimum Gasteiger partial charge on any atom is -0.348 e. The molecule has 0 radical (unpaired) electrons. The zero-order chi connectivity index (χ0) is 17.3. The van der Waals surface area contributed by atoms with Gasteiger partial charge >= 0.3 is 6.03 Å². The molecule has 0 spiro atoms. The highest BCUT2D eigenvalue weighted by Crippen LogP contribution is 2.19. The summed E-state index contributed by atoms with van der Waals surface area (Å²) in [5.41, 5.74) is 2.50. The maximum atomic E-state index is 12.6. The summed E-state index contributed by atoms with van der Waals surface area (Å²) >= 11 is 0. The van der Waals surface area contributed by atoms with Crippen LogP contribution in [0.1, 0.15) is 48.9 Å². The average Bonchev–Trinajstić information content (AvgIpc) is 2.92. The third-order valence-electron chi connectivity index (χ3n) is 4.35. The highest BCUT2D eigenvalue weighted by molar-refractivity contribution is 6.09. The van der Waals surface area contributed by atoms with Crippen molar-refractivity contribution in [3.63, 3.8) is 0 Å². The van der Waals surface area contributed by atoms with Gasteiger partial charge in [-0.3, -0.25) is 14.5 Å². The van der Waals surface area contributed by atoms with E-state index in [-0.39, 0.29) is 24.2 Å². The van der Waals surface area contributed by atoms with Crippen LogP contribution in [0.5, 0.6) is 0 Å². The van der Waals surface area contributed by atoms with Gasteiger partial charge in [-0.15, -0.1) is 0 Å². The van der Waals surface area contributed by atoms with Crippen molar-refractivity contribution in [2.24, 2.45) is 5.92 Å². The molecule has 0 bridgehead atoms. The molecule has 2 heterocycles. The zero-order valence-electron chi connectivity index (χ0n) is 14.5. The lowest BCUT2D eigenvalue weighted by Crippen LogP contribution is -2.37. The molecule has 1 atom stereocenters. The van der Waals surface area contributed by atoms with E-state index in [1.54, 1.807) is 0 Å². The predicted octanol–water partition coefficient (Wildman–Crippen LogP) is 2.27. The summed E-state index contributed by atoms with van der Waals surface area (Å²) in [5, 5.41) is 2.64. The Bertz CT molecular complexity index is 646. The molecule has 0 saturated carbocycles. The highest BCUT2D eigenvalue weighted by Gasteiger charge is 2.40. The second-order valence-electron chi connectivity index (χ2n) is 6.46. The van der Waals surface area contributed by atoms with E-state index in [0.717, 1.165) is 29.3 Å². The molecule has 6 heteroatoms. The van der Waals surface area contributed by atoms with Crippen molar-refractivity contribution in [3.05, 3.63) is 23.0 Å². The van der Waals surface area contributed by atoms with Gasteiger partial charge in [0.1, 0.15) is 6.04 Å². The summed E-state index contributed by atoms with van der Waals surface area (Å²) < 4.78 is 2.09. The molecule has 1 aliphatic rings. The molecule has 0 aliphatic carbocycles. The number of imide groups is 1. The van der Waals surface area contributed by atoms with Gasteiger partial charge in [-0.1, -0.05) is 20.8 Å². The van der Waals surface area contributed by atoms with Gasteiger partial charge in [-0.2, -0.15) is 0 Å². The maximum Gasteiger partial charge on any atom is 0.325 e. The number of carbonyl (C=O) groups excluding carboxylic acids is 3. The van der Waals surface area contributed by atoms with Crippen LogP contribution in [-0.2, 0) is 11.3 Å². The summed E-state index contributed by atoms with van der Waals surface area (Å²) in [6.45, 7) is 10.3. The molecule has 23 heavy (non-hydrogen) atoms. The van der Waals surface area contributed by atoms with Crippen molar-refractivity contribution < 1.29 is 14.4 Å². The fourth-order valence-corrected chi connectivity index (χ4v) is 3.02. The lowest BCUT2D eigenvalue weighted by atomic mass is 10.0. The van der Waals surface area contributed by atoms with E-state index in [0.29, 0.717) is 5.56 Å². The van der Waals surface area contributed by atoms with E-state index >= 15 is 0 Å². The predicted molar refractivity (Wildman–Crippen MR) is 87.4 cm³/mol. The first-order valence-electron chi connectivity index (χ1n) is 8.09. The summed E-state index contributed by atoms with van der Waals surface area (Å²) in [4.78, 5) is 37.8. The largest absolute Gasteiger partial charge is 0.348 e. The third kappa shape index (κ3) is 3.16. The number of aryl methyl sites for hydroxylation is 1. The normalized spacial score (nSPS) is 18.0. The fraction of sp³-hybridized carbons (Fsp3) is 0.588. The number of nitrogens with zero attached hydrogens (tertiary/aromatic N) is 2. The first-order valence-corrected chi connectivity index (χ1v) is 8.09. The Morgan fingerprint density at radius 3 is 2.48 bits per heavy atom. The Labute approximate surface area is 136 Å². The maximum absolute atomic E-state index is 12.6. The Balaban J connectivity index is 2.18. The number of urea groups is 1. The number of rotatable bonds is 6. The van der Waals surface area contributed by atoms with Crippen molar-refractivity contribution in [2.75, 3.05) is 6.54 Å². The van der Waals surface area contributed by atoms with Crippen LogP contribution in [0.15, 0.2) is 6.07 Å². The molecule has 1 saturated heterocycles. The number of amides is 3. The lowest BCUT2D eigenvalue weighted by Gasteiger charge is -2.14. The van der Waals surface area contributed by atoms with Crippen LogP contribution in [0, 0.1) is 19.8 Å². The highest BCUT2D eigenvalue weighted by atomic mass is 16.2. The molecule has 1 unspecified atom stereocenters. The Morgan fingerprint density at radius 2 is 1.96 bits per heavy atom. The number of Topliss-reactive ketones (excluding diaryl/α,β-unsaturated/α-hetero) is 1. The average molecular weight is 319 g/mol. The molecule has 1 aromatic rings. The first kappa shape index (κ1) is 17.2. The van der Waals surface area contributed by atoms with Crippen molar-refractivity contribution >= 4 is 17.7 Å². The summed E-state index contributed by atoms with van der Waals surface area (Å²) in [5.74, 6) is -0.518. The van der Waals surface area contributed by atoms with Crippen molar-refractivity contribution in [3.8, 4) is 0 Å². The monoisotopic (exact) mass is 319 g/mol. The van der Waals surface area contributed by atoms with E-state index in [9.17, 15) is 14.4 Å². The second-order valence-corrected chi connectivity index (χ2v) is 6.46. The molecule has 1 aliphatic heterocycles. The summed E-state index contributed by atoms with van der Waals surface area (Å²) in [6.07, 6.45) is 0.979. The lowest BCUT2D eigenvalue weighted by molar-refractivity contribution is -0.127. The minimum atomic E-state index is -0.539. The molecule has 3 amide bonds. The molecular weight excluding hydrogens is 294 g/mol. The molecule has 1 aromatic heterocycles. The minimum absolute atomic E-state index is 0.00108. The fourth-order valence-electron chi connectivity index (χ4n) is 3.02. The molecule has 1 N–H and O–H groups in total. The smallest absolute Gasteiger partial charge is 0.325 e. The van der Waals surface area contributed by atoms with E-state index in [2.05, 4.69) is 16.8 Å². The Hall–Kier alpha value is -2.11. The van der Waals surface area contributed by atoms with Gasteiger partial charge in [0.2, 0.25) is 0 Å². The van der Waals surface area contributed by atoms with Gasteiger partial charge in [-0.05, 0) is 32.3 Å². The molecule has 6 nitrogen and oxygen atoms in total. The molecule has 0 aromatic carbocycles. The number of hydrogen-bond donors (Lipinski definition) is 1. The number of carbonyl (C=O) groups is 3. The quantitative estimate of drug-likeness (QED) is 0.646. The summed E-state index contributed by atoms with van der Waals surface area (Å²) in [7, 11) is 0. The molecule has 1 fully saturated rings. The van der Waals surface area contributed by atoms with Crippen LogP contribution in [0.25, 0.3) is 0 Å². The van der Waals surface area contributed by atoms with Gasteiger partial charge in [-0.25, -0.2) is 4.79 Å². The summed E-state index contributed by atoms with van der Waals surface area (Å²) in [6, 6.07) is 0.818. The standard InChI is InChI=1S/C17H25N3O3/c1-6-7-19-11(4)8-13(12(19)5)14(21)9-20-16(22)15(10(2)3)18-17(20)23/h8,10,15H,6-7,9H2,1-5H3,(H,18,23). The number of hydrogen-bond acceptors (Lipinski definition) is 3. The molecule has 126 valence electrons. The van der Waals surface area contributed by atoms with Gasteiger partial charge in [0, 0.05) is 23.5 Å². The first-order chi connectivity index (χ1) is 10.8. The van der Waals surface area contributed by atoms with E-state index in [1.165, 1.54) is 0 Å². The van der Waals surface area contributed by atoms with Gasteiger partial charge in [0.05, 0.1) is 6.54 Å². The molecular formula is C17H25N3O3. The van der Waals surface area contributed by atoms with Crippen molar-refractivity contribution in [2.45, 2.75) is 53.6 Å². The van der Waals surface area contributed by atoms with Crippen LogP contribution in [0.4, 0.5) is 4.79 Å². The van der Waals surface area contributed by atoms with Crippen molar-refractivity contribution in [1.82, 2.24) is 14.8 Å². The van der Waals surface area contributed by atoms with Gasteiger partial charge in [0.15, 0.2) is 5.78 Å². The number of ketones is 1. The topological polar surface area (TPSA) is 71.4 Å². The van der Waals surface area contributed by atoms with Crippen LogP contribution in [-0.4, -0.2) is 39.8 Å². The third-order valence-corrected chi connectivity index (χ3v) is 4.35. The van der Waals surface area contributed by atoms with Crippen LogP contribution >= 0.6 is 0 Å². The number of aromatic nitrogens is 1. The van der Waals surface area contributed by atoms with Crippen LogP contribution < -0.4 is 5.32 Å². The van der Waals surface area contributed by atoms with Gasteiger partial charge < -0.3 is 9.88 Å². The van der Waals surface area contributed by atoms with Crippen molar-refractivity contribution in [1.29, 1.82) is 0 Å². The van der Waals surface area contributed by atoms with E-state index in [4.69, 9.17) is 0 Å². The Morgan fingerprint density at radius 1 is 1.30 bits per heavy atom. The van der Waals surface area contributed by atoms with E-state index in [1.807, 2.05) is 33.8 Å².